The first-order valence-corrected chi connectivity index (χ1v) is 9.30. The smallest absolute Gasteiger partial charge is 0.465 e. The minimum absolute atomic E-state index is 0.191. The Morgan fingerprint density at radius 2 is 1.37 bits per heavy atom. The van der Waals surface area contributed by atoms with Crippen molar-refractivity contribution in [1.29, 1.82) is 0 Å². The van der Waals surface area contributed by atoms with Crippen LogP contribution in [0.15, 0.2) is 84.9 Å². The molecule has 148 valence electrons. The maximum atomic E-state index is 12.4. The number of hydrogen-bond donors (Lipinski definition) is 1. The first-order chi connectivity index (χ1) is 14.6. The van der Waals surface area contributed by atoms with E-state index >= 15 is 0 Å². The summed E-state index contributed by atoms with van der Waals surface area (Å²) in [7, 11) is 1.33. The molecule has 0 atom stereocenters. The van der Waals surface area contributed by atoms with Crippen molar-refractivity contribution >= 4 is 22.9 Å². The Morgan fingerprint density at radius 1 is 0.733 bits per heavy atom. The predicted molar refractivity (Wildman–Crippen MR) is 115 cm³/mol. The Bertz CT molecular complexity index is 1250. The molecule has 0 amide bonds. The van der Waals surface area contributed by atoms with Crippen LogP contribution in [0.1, 0.15) is 10.4 Å². The van der Waals surface area contributed by atoms with Crippen molar-refractivity contribution in [2.45, 2.75) is 0 Å². The van der Waals surface area contributed by atoms with E-state index < -0.39 is 12.1 Å². The van der Waals surface area contributed by atoms with E-state index in [4.69, 9.17) is 9.47 Å². The molecule has 0 saturated heterocycles. The molecule has 4 aromatic carbocycles. The van der Waals surface area contributed by atoms with Gasteiger partial charge in [0.25, 0.3) is 0 Å². The molecule has 0 saturated carbocycles. The highest BCUT2D eigenvalue weighted by atomic mass is 16.7. The number of hydrogen-bond acceptors (Lipinski definition) is 4. The zero-order chi connectivity index (χ0) is 21.1. The number of esters is 1. The predicted octanol–water partition coefficient (Wildman–Crippen LogP) is 6.02. The van der Waals surface area contributed by atoms with Crippen LogP contribution in [0.3, 0.4) is 0 Å². The number of carbonyl (C=O) groups excluding carboxylic acids is 1. The lowest BCUT2D eigenvalue weighted by Gasteiger charge is -2.17. The monoisotopic (exact) mass is 398 g/mol. The summed E-state index contributed by atoms with van der Waals surface area (Å²) in [6, 6.07) is 25.8. The molecule has 0 aliphatic carbocycles. The van der Waals surface area contributed by atoms with Crippen LogP contribution in [0, 0.1) is 0 Å². The molecule has 0 radical (unpaired) electrons. The summed E-state index contributed by atoms with van der Waals surface area (Å²) in [5, 5.41) is 11.2. The van der Waals surface area contributed by atoms with Gasteiger partial charge in [0.2, 0.25) is 0 Å². The van der Waals surface area contributed by atoms with Gasteiger partial charge in [0.1, 0.15) is 5.75 Å². The van der Waals surface area contributed by atoms with Gasteiger partial charge in [-0.05, 0) is 39.6 Å². The normalized spacial score (nSPS) is 10.6. The summed E-state index contributed by atoms with van der Waals surface area (Å²) in [5.41, 5.74) is 3.08. The molecule has 0 unspecified atom stereocenters. The van der Waals surface area contributed by atoms with E-state index in [1.54, 1.807) is 30.3 Å². The molecule has 0 fully saturated rings. The second-order valence-electron chi connectivity index (χ2n) is 6.61. The summed E-state index contributed by atoms with van der Waals surface area (Å²) in [4.78, 5) is 23.8. The zero-order valence-electron chi connectivity index (χ0n) is 16.2. The maximum absolute atomic E-state index is 12.4. The van der Waals surface area contributed by atoms with E-state index in [0.29, 0.717) is 22.3 Å². The fourth-order valence-electron chi connectivity index (χ4n) is 3.66. The van der Waals surface area contributed by atoms with Crippen LogP contribution in [0.5, 0.6) is 5.75 Å². The Kier molecular flexibility index (Phi) is 5.18. The third kappa shape index (κ3) is 3.49. The summed E-state index contributed by atoms with van der Waals surface area (Å²) in [6.07, 6.45) is -1.41. The zero-order valence-corrected chi connectivity index (χ0v) is 16.2. The fourth-order valence-corrected chi connectivity index (χ4v) is 3.66. The van der Waals surface area contributed by atoms with Crippen molar-refractivity contribution < 1.29 is 24.2 Å². The number of benzene rings is 4. The number of methoxy groups -OCH3 is 1. The largest absolute Gasteiger partial charge is 0.511 e. The van der Waals surface area contributed by atoms with Gasteiger partial charge in [-0.1, -0.05) is 72.8 Å². The lowest BCUT2D eigenvalue weighted by atomic mass is 9.89. The minimum Gasteiger partial charge on any atom is -0.465 e. The van der Waals surface area contributed by atoms with E-state index in [1.165, 1.54) is 7.11 Å². The third-order valence-electron chi connectivity index (χ3n) is 4.91. The molecule has 0 spiro atoms. The molecule has 4 rings (SSSR count). The highest BCUT2D eigenvalue weighted by Gasteiger charge is 2.21. The highest BCUT2D eigenvalue weighted by Crippen LogP contribution is 2.43. The second kappa shape index (κ2) is 8.09. The van der Waals surface area contributed by atoms with Gasteiger partial charge in [0, 0.05) is 5.56 Å². The first kappa shape index (κ1) is 19.2. The summed E-state index contributed by atoms with van der Waals surface area (Å²) >= 11 is 0. The molecule has 0 bridgehead atoms. The average Bonchev–Trinajstić information content (AvgIpc) is 2.78. The van der Waals surface area contributed by atoms with Crippen molar-refractivity contribution in [1.82, 2.24) is 0 Å². The summed E-state index contributed by atoms with van der Waals surface area (Å²) in [6.45, 7) is 0. The fraction of sp³-hybridized carbons (Fsp3) is 0.0400. The van der Waals surface area contributed by atoms with Gasteiger partial charge in [-0.15, -0.1) is 0 Å². The molecule has 0 aliphatic rings. The van der Waals surface area contributed by atoms with Gasteiger partial charge in [0.15, 0.2) is 0 Å². The van der Waals surface area contributed by atoms with Gasteiger partial charge < -0.3 is 14.6 Å². The average molecular weight is 398 g/mol. The lowest BCUT2D eigenvalue weighted by molar-refractivity contribution is 0.0601. The highest BCUT2D eigenvalue weighted by molar-refractivity contribution is 6.05. The molecule has 4 aromatic rings. The molecule has 5 nitrogen and oxygen atoms in total. The van der Waals surface area contributed by atoms with Crippen LogP contribution in [-0.4, -0.2) is 24.3 Å². The number of carboxylic acid groups (broad SMARTS) is 1. The number of fused-ring (bicyclic) bond motifs is 1. The van der Waals surface area contributed by atoms with E-state index in [2.05, 4.69) is 0 Å². The molecule has 0 aromatic heterocycles. The molecule has 30 heavy (non-hydrogen) atoms. The molecule has 5 heteroatoms. The molecule has 1 N–H and O–H groups in total. The third-order valence-corrected chi connectivity index (χ3v) is 4.91. The Labute approximate surface area is 173 Å². The lowest BCUT2D eigenvalue weighted by Crippen LogP contribution is -2.06. The maximum Gasteiger partial charge on any atom is 0.511 e. The van der Waals surface area contributed by atoms with Crippen LogP contribution >= 0.6 is 0 Å². The Balaban J connectivity index is 2.08. The van der Waals surface area contributed by atoms with Crippen molar-refractivity contribution in [3.05, 3.63) is 90.5 Å². The van der Waals surface area contributed by atoms with E-state index in [-0.39, 0.29) is 5.75 Å². The van der Waals surface area contributed by atoms with Crippen LogP contribution in [0.25, 0.3) is 33.0 Å². The van der Waals surface area contributed by atoms with E-state index in [0.717, 1.165) is 16.3 Å². The van der Waals surface area contributed by atoms with Crippen molar-refractivity contribution in [2.24, 2.45) is 0 Å². The number of carbonyl (C=O) groups is 2. The molecule has 0 aliphatic heterocycles. The van der Waals surface area contributed by atoms with Gasteiger partial charge in [-0.3, -0.25) is 0 Å². The Morgan fingerprint density at radius 3 is 2.17 bits per heavy atom. The van der Waals surface area contributed by atoms with Crippen LogP contribution < -0.4 is 4.74 Å². The molecular weight excluding hydrogens is 380 g/mol. The van der Waals surface area contributed by atoms with Gasteiger partial charge in [-0.2, -0.15) is 0 Å². The SMILES string of the molecule is COC(=O)c1ccccc1-c1cccc(OC(=O)O)c1-c1cccc2ccccc12. The van der Waals surface area contributed by atoms with Crippen LogP contribution in [0.2, 0.25) is 0 Å². The number of rotatable bonds is 4. The second-order valence-corrected chi connectivity index (χ2v) is 6.61. The van der Waals surface area contributed by atoms with Gasteiger partial charge in [-0.25, -0.2) is 9.59 Å². The molecular formula is C25H18O5. The quantitative estimate of drug-likeness (QED) is 0.336. The number of ether oxygens (including phenoxy) is 2. The van der Waals surface area contributed by atoms with Crippen molar-refractivity contribution in [3.8, 4) is 28.0 Å². The first-order valence-electron chi connectivity index (χ1n) is 9.30. The summed E-state index contributed by atoms with van der Waals surface area (Å²) in [5.74, 6) is -0.282. The topological polar surface area (TPSA) is 72.8 Å². The van der Waals surface area contributed by atoms with Crippen LogP contribution in [-0.2, 0) is 4.74 Å². The van der Waals surface area contributed by atoms with Gasteiger partial charge >= 0.3 is 12.1 Å². The van der Waals surface area contributed by atoms with E-state index in [1.807, 2.05) is 54.6 Å². The summed E-state index contributed by atoms with van der Waals surface area (Å²) < 4.78 is 10.1. The van der Waals surface area contributed by atoms with Crippen molar-refractivity contribution in [3.63, 3.8) is 0 Å². The molecule has 0 heterocycles. The standard InChI is InChI=1S/C25H18O5/c1-29-24(26)21-12-5-4-11-18(21)20-14-7-15-22(30-25(27)28)23(20)19-13-6-9-16-8-2-3-10-17(16)19/h2-15H,1H3,(H,27,28). The van der Waals surface area contributed by atoms with Gasteiger partial charge in [0.05, 0.1) is 12.7 Å². The minimum atomic E-state index is -1.41. The van der Waals surface area contributed by atoms with E-state index in [9.17, 15) is 14.7 Å². The van der Waals surface area contributed by atoms with Crippen LogP contribution in [0.4, 0.5) is 4.79 Å². The van der Waals surface area contributed by atoms with Crippen molar-refractivity contribution in [2.75, 3.05) is 7.11 Å². The Hall–Kier alpha value is -4.12.